The van der Waals surface area contributed by atoms with Gasteiger partial charge in [-0.2, -0.15) is 0 Å². The van der Waals surface area contributed by atoms with Gasteiger partial charge in [0.1, 0.15) is 5.82 Å². The Morgan fingerprint density at radius 3 is 2.37 bits per heavy atom. The van der Waals surface area contributed by atoms with E-state index < -0.39 is 0 Å². The van der Waals surface area contributed by atoms with Gasteiger partial charge in [0.25, 0.3) is 0 Å². The first-order chi connectivity index (χ1) is 13.2. The minimum atomic E-state index is -0.265. The number of piperazine rings is 1. The highest BCUT2D eigenvalue weighted by atomic mass is 19.1. The monoisotopic (exact) mass is 375 g/mol. The summed E-state index contributed by atoms with van der Waals surface area (Å²) in [4.78, 5) is 17.4. The first-order valence-corrected chi connectivity index (χ1v) is 10.4. The number of carbonyl (C=O) groups excluding carboxylic acids is 1. The molecule has 2 unspecified atom stereocenters. The number of hydrogen-bond acceptors (Lipinski definition) is 3. The minimum absolute atomic E-state index is 0.0362. The lowest BCUT2D eigenvalue weighted by Crippen LogP contribution is -2.54. The summed E-state index contributed by atoms with van der Waals surface area (Å²) in [7, 11) is 0. The predicted molar refractivity (Wildman–Crippen MR) is 102 cm³/mol. The predicted octanol–water partition coefficient (Wildman–Crippen LogP) is 3.32. The highest BCUT2D eigenvalue weighted by molar-refractivity contribution is 5.75. The molecule has 0 spiro atoms. The normalized spacial score (nSPS) is 25.7. The molecule has 148 valence electrons. The van der Waals surface area contributed by atoms with E-state index in [1.54, 1.807) is 12.1 Å². The third-order valence-electron chi connectivity index (χ3n) is 6.29. The van der Waals surface area contributed by atoms with Crippen LogP contribution in [0.15, 0.2) is 24.3 Å². The Morgan fingerprint density at radius 2 is 1.74 bits per heavy atom. The molecule has 1 aliphatic carbocycles. The lowest BCUT2D eigenvalue weighted by atomic mass is 9.99. The molecule has 1 saturated carbocycles. The number of urea groups is 1. The molecule has 1 aromatic carbocycles. The molecule has 0 radical (unpaired) electrons. The average Bonchev–Trinajstić information content (AvgIpc) is 3.41. The van der Waals surface area contributed by atoms with Crippen molar-refractivity contribution in [1.82, 2.24) is 15.1 Å². The van der Waals surface area contributed by atoms with Gasteiger partial charge in [0, 0.05) is 38.8 Å². The van der Waals surface area contributed by atoms with Crippen molar-refractivity contribution < 1.29 is 13.9 Å². The number of rotatable bonds is 4. The van der Waals surface area contributed by atoms with Gasteiger partial charge >= 0.3 is 6.03 Å². The first-order valence-electron chi connectivity index (χ1n) is 10.4. The number of ether oxygens (including phenoxy) is 1. The fourth-order valence-electron chi connectivity index (χ4n) is 4.71. The van der Waals surface area contributed by atoms with Crippen LogP contribution in [-0.2, 0) is 4.74 Å². The van der Waals surface area contributed by atoms with Crippen LogP contribution in [0.3, 0.4) is 0 Å². The Morgan fingerprint density at radius 1 is 1.04 bits per heavy atom. The number of amides is 2. The van der Waals surface area contributed by atoms with Gasteiger partial charge < -0.3 is 15.0 Å². The van der Waals surface area contributed by atoms with E-state index in [9.17, 15) is 9.18 Å². The van der Waals surface area contributed by atoms with Crippen molar-refractivity contribution in [2.24, 2.45) is 0 Å². The Bertz CT molecular complexity index is 619. The maximum absolute atomic E-state index is 13.3. The molecule has 5 nitrogen and oxygen atoms in total. The van der Waals surface area contributed by atoms with Crippen LogP contribution < -0.4 is 5.32 Å². The zero-order valence-corrected chi connectivity index (χ0v) is 15.9. The molecule has 1 aromatic rings. The molecular weight excluding hydrogens is 345 g/mol. The quantitative estimate of drug-likeness (QED) is 0.878. The molecule has 2 atom stereocenters. The highest BCUT2D eigenvalue weighted by Crippen LogP contribution is 2.28. The fraction of sp³-hybridized carbons (Fsp3) is 0.667. The van der Waals surface area contributed by atoms with Crippen LogP contribution >= 0.6 is 0 Å². The van der Waals surface area contributed by atoms with Crippen molar-refractivity contribution in [3.8, 4) is 0 Å². The number of carbonyl (C=O) groups is 1. The first kappa shape index (κ1) is 18.7. The van der Waals surface area contributed by atoms with E-state index in [0.29, 0.717) is 6.04 Å². The van der Waals surface area contributed by atoms with E-state index in [0.717, 1.165) is 51.2 Å². The van der Waals surface area contributed by atoms with Crippen molar-refractivity contribution in [2.45, 2.75) is 56.7 Å². The van der Waals surface area contributed by atoms with Crippen LogP contribution in [0.1, 0.15) is 50.1 Å². The van der Waals surface area contributed by atoms with Crippen LogP contribution in [0, 0.1) is 5.82 Å². The second-order valence-electron chi connectivity index (χ2n) is 7.99. The molecule has 3 aliphatic rings. The zero-order valence-electron chi connectivity index (χ0n) is 15.9. The summed E-state index contributed by atoms with van der Waals surface area (Å²) in [5.74, 6) is -0.265. The zero-order chi connectivity index (χ0) is 18.6. The van der Waals surface area contributed by atoms with E-state index in [-0.39, 0.29) is 24.0 Å². The van der Waals surface area contributed by atoms with Gasteiger partial charge in [-0.25, -0.2) is 9.18 Å². The second-order valence-corrected chi connectivity index (χ2v) is 7.99. The maximum atomic E-state index is 13.3. The van der Waals surface area contributed by atoms with E-state index in [4.69, 9.17) is 4.74 Å². The molecule has 2 aliphatic heterocycles. The molecule has 1 N–H and O–H groups in total. The topological polar surface area (TPSA) is 44.8 Å². The maximum Gasteiger partial charge on any atom is 0.318 e. The van der Waals surface area contributed by atoms with Crippen molar-refractivity contribution in [3.63, 3.8) is 0 Å². The SMILES string of the molecule is O=C(NC(c1ccc(F)cc1)C1CCCO1)N1CCN(C2CCCC2)CC1. The van der Waals surface area contributed by atoms with Crippen molar-refractivity contribution in [2.75, 3.05) is 32.8 Å². The molecule has 2 heterocycles. The number of halogens is 1. The molecule has 3 fully saturated rings. The van der Waals surface area contributed by atoms with Gasteiger partial charge in [-0.15, -0.1) is 0 Å². The molecular formula is C21H30FN3O2. The highest BCUT2D eigenvalue weighted by Gasteiger charge is 2.32. The van der Waals surface area contributed by atoms with Gasteiger partial charge in [0.05, 0.1) is 12.1 Å². The van der Waals surface area contributed by atoms with Crippen LogP contribution in [0.4, 0.5) is 9.18 Å². The lowest BCUT2D eigenvalue weighted by Gasteiger charge is -2.38. The summed E-state index contributed by atoms with van der Waals surface area (Å²) >= 11 is 0. The van der Waals surface area contributed by atoms with Crippen LogP contribution in [-0.4, -0.2) is 60.8 Å². The third-order valence-corrected chi connectivity index (χ3v) is 6.29. The largest absolute Gasteiger partial charge is 0.376 e. The minimum Gasteiger partial charge on any atom is -0.376 e. The molecule has 2 saturated heterocycles. The van der Waals surface area contributed by atoms with Gasteiger partial charge in [-0.3, -0.25) is 4.90 Å². The van der Waals surface area contributed by atoms with Gasteiger partial charge in [0.2, 0.25) is 0 Å². The van der Waals surface area contributed by atoms with Crippen molar-refractivity contribution in [1.29, 1.82) is 0 Å². The van der Waals surface area contributed by atoms with Gasteiger partial charge in [-0.1, -0.05) is 25.0 Å². The molecule has 4 rings (SSSR count). The Labute approximate surface area is 160 Å². The summed E-state index contributed by atoms with van der Waals surface area (Å²) in [6, 6.07) is 6.85. The summed E-state index contributed by atoms with van der Waals surface area (Å²) in [6.45, 7) is 4.17. The molecule has 0 bridgehead atoms. The van der Waals surface area contributed by atoms with Gasteiger partial charge in [0.15, 0.2) is 0 Å². The smallest absolute Gasteiger partial charge is 0.318 e. The molecule has 2 amide bonds. The number of nitrogens with zero attached hydrogens (tertiary/aromatic N) is 2. The van der Waals surface area contributed by atoms with E-state index in [2.05, 4.69) is 10.2 Å². The lowest BCUT2D eigenvalue weighted by molar-refractivity contribution is 0.0726. The number of hydrogen-bond donors (Lipinski definition) is 1. The molecule has 0 aromatic heterocycles. The van der Waals surface area contributed by atoms with Crippen molar-refractivity contribution in [3.05, 3.63) is 35.6 Å². The Hall–Kier alpha value is -1.66. The Kier molecular flexibility index (Phi) is 5.93. The summed E-state index contributed by atoms with van der Waals surface area (Å²) < 4.78 is 19.2. The Balaban J connectivity index is 1.37. The number of nitrogens with one attached hydrogen (secondary N) is 1. The van der Waals surface area contributed by atoms with E-state index in [1.165, 1.54) is 37.8 Å². The average molecular weight is 375 g/mol. The fourth-order valence-corrected chi connectivity index (χ4v) is 4.71. The van der Waals surface area contributed by atoms with Crippen LogP contribution in [0.2, 0.25) is 0 Å². The summed E-state index contributed by atoms with van der Waals surface area (Å²) in [5, 5.41) is 3.17. The summed E-state index contributed by atoms with van der Waals surface area (Å²) in [6.07, 6.45) is 7.16. The number of benzene rings is 1. The van der Waals surface area contributed by atoms with Crippen LogP contribution in [0.5, 0.6) is 0 Å². The van der Waals surface area contributed by atoms with E-state index >= 15 is 0 Å². The summed E-state index contributed by atoms with van der Waals surface area (Å²) in [5.41, 5.74) is 0.904. The van der Waals surface area contributed by atoms with Gasteiger partial charge in [-0.05, 0) is 43.4 Å². The van der Waals surface area contributed by atoms with Crippen molar-refractivity contribution >= 4 is 6.03 Å². The molecule has 27 heavy (non-hydrogen) atoms. The molecule has 6 heteroatoms. The second kappa shape index (κ2) is 8.57. The van der Waals surface area contributed by atoms with E-state index in [1.807, 2.05) is 4.90 Å². The standard InChI is InChI=1S/C21H30FN3O2/c22-17-9-7-16(8-10-17)20(19-6-3-15-27-19)23-21(26)25-13-11-24(12-14-25)18-4-1-2-5-18/h7-10,18-20H,1-6,11-15H2,(H,23,26). The third kappa shape index (κ3) is 4.43. The van der Waals surface area contributed by atoms with Crippen LogP contribution in [0.25, 0.3) is 0 Å².